The molecule has 0 aliphatic carbocycles. The number of alkyl halides is 3. The van der Waals surface area contributed by atoms with Crippen molar-refractivity contribution in [1.82, 2.24) is 0 Å². The monoisotopic (exact) mass is 462 g/mol. The number of benzene rings is 3. The van der Waals surface area contributed by atoms with Gasteiger partial charge < -0.3 is 9.15 Å². The van der Waals surface area contributed by atoms with Gasteiger partial charge in [0.1, 0.15) is 17.1 Å². The molecule has 32 heavy (non-hydrogen) atoms. The Morgan fingerprint density at radius 3 is 2.31 bits per heavy atom. The molecule has 0 N–H and O–H groups in total. The Bertz CT molecular complexity index is 1390. The molecule has 0 radical (unpaired) electrons. The van der Waals surface area contributed by atoms with Crippen LogP contribution < -0.4 is 10.2 Å². The SMILES string of the molecule is O=C(Oc1ccc2c(=O)c(-c3ccc(Cl)cc3)c(C(F)(F)F)oc2c1)c1ccccc1F. The van der Waals surface area contributed by atoms with Crippen LogP contribution in [0.25, 0.3) is 22.1 Å². The number of hydrogen-bond acceptors (Lipinski definition) is 4. The van der Waals surface area contributed by atoms with Crippen molar-refractivity contribution in [2.45, 2.75) is 6.18 Å². The Labute approximate surface area is 182 Å². The fourth-order valence-electron chi connectivity index (χ4n) is 3.10. The van der Waals surface area contributed by atoms with Crippen molar-refractivity contribution < 1.29 is 31.5 Å². The third-order valence-corrected chi connectivity index (χ3v) is 4.81. The molecule has 1 aromatic heterocycles. The smallest absolute Gasteiger partial charge is 0.450 e. The summed E-state index contributed by atoms with van der Waals surface area (Å²) in [4.78, 5) is 25.1. The van der Waals surface area contributed by atoms with Crippen LogP contribution in [0.2, 0.25) is 5.02 Å². The van der Waals surface area contributed by atoms with Crippen LogP contribution in [0.1, 0.15) is 16.1 Å². The molecule has 4 nitrogen and oxygen atoms in total. The summed E-state index contributed by atoms with van der Waals surface area (Å²) >= 11 is 5.79. The van der Waals surface area contributed by atoms with Gasteiger partial charge in [0.25, 0.3) is 0 Å². The van der Waals surface area contributed by atoms with Gasteiger partial charge in [0.2, 0.25) is 11.2 Å². The Hall–Kier alpha value is -3.65. The fourth-order valence-corrected chi connectivity index (χ4v) is 3.23. The normalized spacial score (nSPS) is 11.5. The summed E-state index contributed by atoms with van der Waals surface area (Å²) in [5.74, 6) is -3.61. The Morgan fingerprint density at radius 1 is 0.969 bits per heavy atom. The number of fused-ring (bicyclic) bond motifs is 1. The molecule has 0 aliphatic heterocycles. The lowest BCUT2D eigenvalue weighted by molar-refractivity contribution is -0.152. The zero-order valence-corrected chi connectivity index (χ0v) is 16.6. The standard InChI is InChI=1S/C23H11ClF4O4/c24-13-7-5-12(6-8-13)19-20(29)16-10-9-14(11-18(16)32-21(19)23(26,27)28)31-22(30)15-3-1-2-4-17(15)25/h1-11H. The van der Waals surface area contributed by atoms with Gasteiger partial charge in [-0.25, -0.2) is 9.18 Å². The third-order valence-electron chi connectivity index (χ3n) is 4.56. The molecule has 3 aromatic carbocycles. The van der Waals surface area contributed by atoms with Gasteiger partial charge in [0, 0.05) is 11.1 Å². The average molecular weight is 463 g/mol. The van der Waals surface area contributed by atoms with E-state index in [2.05, 4.69) is 0 Å². The molecule has 0 aliphatic rings. The van der Waals surface area contributed by atoms with E-state index < -0.39 is 40.3 Å². The summed E-state index contributed by atoms with van der Waals surface area (Å²) in [5, 5.41) is 0.127. The summed E-state index contributed by atoms with van der Waals surface area (Å²) in [7, 11) is 0. The molecule has 0 fully saturated rings. The van der Waals surface area contributed by atoms with Crippen molar-refractivity contribution in [2.75, 3.05) is 0 Å². The molecule has 0 atom stereocenters. The van der Waals surface area contributed by atoms with E-state index >= 15 is 0 Å². The molecule has 1 heterocycles. The highest BCUT2D eigenvalue weighted by Crippen LogP contribution is 2.38. The molecule has 162 valence electrons. The molecule has 4 rings (SSSR count). The first-order valence-electron chi connectivity index (χ1n) is 9.06. The lowest BCUT2D eigenvalue weighted by Gasteiger charge is -2.13. The molecule has 0 spiro atoms. The molecule has 0 amide bonds. The van der Waals surface area contributed by atoms with Crippen LogP contribution in [0.15, 0.2) is 75.9 Å². The minimum absolute atomic E-state index is 0.0209. The lowest BCUT2D eigenvalue weighted by Crippen LogP contribution is -2.16. The van der Waals surface area contributed by atoms with Crippen molar-refractivity contribution in [2.24, 2.45) is 0 Å². The summed E-state index contributed by atoms with van der Waals surface area (Å²) < 4.78 is 65.0. The van der Waals surface area contributed by atoms with E-state index in [-0.39, 0.29) is 27.3 Å². The molecule has 4 aromatic rings. The van der Waals surface area contributed by atoms with Crippen LogP contribution in [-0.2, 0) is 6.18 Å². The minimum atomic E-state index is -4.98. The van der Waals surface area contributed by atoms with E-state index in [1.165, 1.54) is 54.6 Å². The summed E-state index contributed by atoms with van der Waals surface area (Å²) in [6.07, 6.45) is -4.98. The van der Waals surface area contributed by atoms with Crippen molar-refractivity contribution in [3.8, 4) is 16.9 Å². The van der Waals surface area contributed by atoms with E-state index in [0.717, 1.165) is 12.1 Å². The second kappa shape index (κ2) is 8.12. The molecule has 0 bridgehead atoms. The van der Waals surface area contributed by atoms with Gasteiger partial charge in [-0.2, -0.15) is 13.2 Å². The zero-order valence-electron chi connectivity index (χ0n) is 15.9. The highest BCUT2D eigenvalue weighted by atomic mass is 35.5. The predicted molar refractivity (Wildman–Crippen MR) is 109 cm³/mol. The number of carbonyl (C=O) groups excluding carboxylic acids is 1. The van der Waals surface area contributed by atoms with E-state index in [9.17, 15) is 27.2 Å². The number of hydrogen-bond donors (Lipinski definition) is 0. The first kappa shape index (κ1) is 21.6. The first-order valence-corrected chi connectivity index (χ1v) is 9.43. The maximum Gasteiger partial charge on any atom is 0.450 e. The molecule has 0 saturated heterocycles. The van der Waals surface area contributed by atoms with Crippen LogP contribution in [0.3, 0.4) is 0 Å². The zero-order chi connectivity index (χ0) is 23.0. The third kappa shape index (κ3) is 4.09. The second-order valence-corrected chi connectivity index (χ2v) is 7.10. The van der Waals surface area contributed by atoms with Gasteiger partial charge in [0.15, 0.2) is 0 Å². The predicted octanol–water partition coefficient (Wildman–Crippen LogP) is 6.49. The van der Waals surface area contributed by atoms with Crippen molar-refractivity contribution in [3.63, 3.8) is 0 Å². The quantitative estimate of drug-likeness (QED) is 0.198. The Kier molecular flexibility index (Phi) is 5.48. The highest BCUT2D eigenvalue weighted by molar-refractivity contribution is 6.30. The number of carbonyl (C=O) groups is 1. The molecule has 0 unspecified atom stereocenters. The molecule has 9 heteroatoms. The van der Waals surface area contributed by atoms with E-state index in [1.807, 2.05) is 0 Å². The minimum Gasteiger partial charge on any atom is -0.450 e. The van der Waals surface area contributed by atoms with Gasteiger partial charge in [-0.05, 0) is 42.0 Å². The number of halogens is 5. The maximum atomic E-state index is 13.8. The van der Waals surface area contributed by atoms with Crippen molar-refractivity contribution in [1.29, 1.82) is 0 Å². The number of ether oxygens (including phenoxy) is 1. The number of rotatable bonds is 3. The average Bonchev–Trinajstić information content (AvgIpc) is 2.74. The largest absolute Gasteiger partial charge is 0.450 e. The van der Waals surface area contributed by atoms with Gasteiger partial charge in [0.05, 0.1) is 16.5 Å². The van der Waals surface area contributed by atoms with Crippen LogP contribution in [0.4, 0.5) is 17.6 Å². The second-order valence-electron chi connectivity index (χ2n) is 6.67. The van der Waals surface area contributed by atoms with Crippen molar-refractivity contribution in [3.05, 3.63) is 99.1 Å². The van der Waals surface area contributed by atoms with Crippen LogP contribution in [0, 0.1) is 5.82 Å². The van der Waals surface area contributed by atoms with Crippen LogP contribution in [0.5, 0.6) is 5.75 Å². The lowest BCUT2D eigenvalue weighted by atomic mass is 10.0. The molecule has 0 saturated carbocycles. The van der Waals surface area contributed by atoms with E-state index in [0.29, 0.717) is 0 Å². The van der Waals surface area contributed by atoms with Crippen molar-refractivity contribution >= 4 is 28.5 Å². The van der Waals surface area contributed by atoms with Gasteiger partial charge in [-0.1, -0.05) is 35.9 Å². The topological polar surface area (TPSA) is 56.5 Å². The number of esters is 1. The highest BCUT2D eigenvalue weighted by Gasteiger charge is 2.39. The van der Waals surface area contributed by atoms with Crippen LogP contribution >= 0.6 is 11.6 Å². The molecular weight excluding hydrogens is 452 g/mol. The van der Waals surface area contributed by atoms with Crippen LogP contribution in [-0.4, -0.2) is 5.97 Å². The van der Waals surface area contributed by atoms with Gasteiger partial charge >= 0.3 is 12.1 Å². The Balaban J connectivity index is 1.83. The summed E-state index contributed by atoms with van der Waals surface area (Å²) in [5.41, 5.74) is -2.42. The van der Waals surface area contributed by atoms with E-state index in [1.54, 1.807) is 0 Å². The first-order chi connectivity index (χ1) is 15.1. The summed E-state index contributed by atoms with van der Waals surface area (Å²) in [6, 6.07) is 13.7. The Morgan fingerprint density at radius 2 is 1.66 bits per heavy atom. The molecular formula is C23H11ClF4O4. The summed E-state index contributed by atoms with van der Waals surface area (Å²) in [6.45, 7) is 0. The maximum absolute atomic E-state index is 13.8. The van der Waals surface area contributed by atoms with Gasteiger partial charge in [-0.3, -0.25) is 4.79 Å². The van der Waals surface area contributed by atoms with Gasteiger partial charge in [-0.15, -0.1) is 0 Å². The van der Waals surface area contributed by atoms with E-state index in [4.69, 9.17) is 20.8 Å². The fraction of sp³-hybridized carbons (Fsp3) is 0.0435.